The fourth-order valence-electron chi connectivity index (χ4n) is 3.37. The van der Waals surface area contributed by atoms with Crippen LogP contribution in [-0.4, -0.2) is 62.9 Å². The zero-order chi connectivity index (χ0) is 24.8. The van der Waals surface area contributed by atoms with E-state index in [1.807, 2.05) is 6.34 Å². The summed E-state index contributed by atoms with van der Waals surface area (Å²) >= 11 is 0. The van der Waals surface area contributed by atoms with Crippen LogP contribution in [0.2, 0.25) is 0 Å². The number of nitrogens with one attached hydrogen (secondary N) is 1. The summed E-state index contributed by atoms with van der Waals surface area (Å²) in [6.07, 6.45) is 23.3. The molecular formula is C24H47N3O5S. The molecule has 1 atom stereocenters. The number of aliphatic imine (C=N–C) groups is 1. The summed E-state index contributed by atoms with van der Waals surface area (Å²) in [4.78, 5) is 17.0. The lowest BCUT2D eigenvalue weighted by Gasteiger charge is -2.26. The summed E-state index contributed by atoms with van der Waals surface area (Å²) in [5, 5.41) is 2.93. The van der Waals surface area contributed by atoms with Gasteiger partial charge in [0.25, 0.3) is 0 Å². The van der Waals surface area contributed by atoms with Crippen LogP contribution in [0.1, 0.15) is 97.3 Å². The average molecular weight is 490 g/mol. The molecule has 0 aromatic rings. The lowest BCUT2D eigenvalue weighted by atomic mass is 9.99. The summed E-state index contributed by atoms with van der Waals surface area (Å²) in [6.45, 7) is 7.62. The number of nitrogens with zero attached hydrogens (tertiary/aromatic N) is 2. The first-order valence-corrected chi connectivity index (χ1v) is 13.9. The zero-order valence-electron chi connectivity index (χ0n) is 21.0. The van der Waals surface area contributed by atoms with Crippen molar-refractivity contribution in [3.05, 3.63) is 12.2 Å². The summed E-state index contributed by atoms with van der Waals surface area (Å²) in [6, 6.07) is 0.491. The summed E-state index contributed by atoms with van der Waals surface area (Å²) in [5.74, 6) is 0.229. The topological polar surface area (TPSA) is 108 Å². The van der Waals surface area contributed by atoms with E-state index in [1.54, 1.807) is 0 Å². The van der Waals surface area contributed by atoms with E-state index in [2.05, 4.69) is 45.4 Å². The smallest absolute Gasteiger partial charge is 0.361 e. The van der Waals surface area contributed by atoms with Gasteiger partial charge in [0.05, 0.1) is 20.0 Å². The third-order valence-electron chi connectivity index (χ3n) is 5.49. The molecule has 0 aromatic heterocycles. The highest BCUT2D eigenvalue weighted by Gasteiger charge is 2.23. The molecule has 2 aliphatic rings. The number of allylic oxidation sites excluding steroid dienone is 2. The van der Waals surface area contributed by atoms with Gasteiger partial charge in [0, 0.05) is 25.6 Å². The number of unbranched alkanes of at least 4 members (excludes halogenated alkanes) is 9. The molecule has 1 unspecified atom stereocenters. The minimum Gasteiger partial charge on any atom is -0.361 e. The van der Waals surface area contributed by atoms with Crippen LogP contribution >= 0.6 is 0 Å². The van der Waals surface area contributed by atoms with Gasteiger partial charge in [-0.15, -0.1) is 0 Å². The SMILES string of the molecule is CCCCCCCC/C=C\CCCCCC1CC(=O)N1.CCN1C=NCC1.COS(=O)(=O)O. The number of hydrogen-bond donors (Lipinski definition) is 2. The maximum Gasteiger partial charge on any atom is 0.397 e. The molecule has 0 bridgehead atoms. The molecule has 1 saturated heterocycles. The molecule has 194 valence electrons. The first-order valence-electron chi connectivity index (χ1n) is 12.5. The van der Waals surface area contributed by atoms with Crippen LogP contribution in [0.25, 0.3) is 0 Å². The molecule has 0 spiro atoms. The Morgan fingerprint density at radius 3 is 2.06 bits per heavy atom. The number of carbonyl (C=O) groups is 1. The molecule has 0 aliphatic carbocycles. The Kier molecular flexibility index (Phi) is 20.2. The second-order valence-corrected chi connectivity index (χ2v) is 9.57. The fraction of sp³-hybridized carbons (Fsp3) is 0.833. The lowest BCUT2D eigenvalue weighted by Crippen LogP contribution is -2.48. The molecule has 1 fully saturated rings. The fourth-order valence-corrected chi connectivity index (χ4v) is 3.37. The van der Waals surface area contributed by atoms with Gasteiger partial charge in [-0.3, -0.25) is 18.5 Å². The van der Waals surface area contributed by atoms with E-state index in [4.69, 9.17) is 4.55 Å². The molecule has 2 aliphatic heterocycles. The monoisotopic (exact) mass is 489 g/mol. The highest BCUT2D eigenvalue weighted by molar-refractivity contribution is 7.80. The summed E-state index contributed by atoms with van der Waals surface area (Å²) < 4.78 is 29.7. The van der Waals surface area contributed by atoms with E-state index < -0.39 is 10.4 Å². The van der Waals surface area contributed by atoms with Gasteiger partial charge in [0.1, 0.15) is 0 Å². The van der Waals surface area contributed by atoms with Crippen molar-refractivity contribution in [1.82, 2.24) is 10.2 Å². The molecule has 2 rings (SSSR count). The number of amides is 1. The van der Waals surface area contributed by atoms with Gasteiger partial charge in [0.2, 0.25) is 5.91 Å². The molecule has 8 nitrogen and oxygen atoms in total. The van der Waals surface area contributed by atoms with Crippen LogP contribution in [0.5, 0.6) is 0 Å². The highest BCUT2D eigenvalue weighted by Crippen LogP contribution is 2.14. The Hall–Kier alpha value is -1.45. The second-order valence-electron chi connectivity index (χ2n) is 8.38. The van der Waals surface area contributed by atoms with Crippen LogP contribution in [0.4, 0.5) is 0 Å². The van der Waals surface area contributed by atoms with Crippen molar-refractivity contribution < 1.29 is 21.9 Å². The molecule has 1 amide bonds. The number of likely N-dealkylation sites (N-methyl/N-ethyl adjacent to an activating group) is 1. The van der Waals surface area contributed by atoms with E-state index in [9.17, 15) is 13.2 Å². The van der Waals surface area contributed by atoms with Gasteiger partial charge < -0.3 is 10.2 Å². The van der Waals surface area contributed by atoms with Crippen molar-refractivity contribution in [3.63, 3.8) is 0 Å². The number of β-lactam (4-membered cyclic amide) rings is 1. The Bertz CT molecular complexity index is 630. The maximum atomic E-state index is 10.7. The molecule has 2 N–H and O–H groups in total. The van der Waals surface area contributed by atoms with Gasteiger partial charge in [-0.05, 0) is 39.0 Å². The number of hydrogen-bond acceptors (Lipinski definition) is 6. The largest absolute Gasteiger partial charge is 0.397 e. The van der Waals surface area contributed by atoms with Crippen LogP contribution in [0, 0.1) is 0 Å². The van der Waals surface area contributed by atoms with E-state index in [0.29, 0.717) is 6.04 Å². The lowest BCUT2D eigenvalue weighted by molar-refractivity contribution is -0.128. The Balaban J connectivity index is 0.000000638. The molecule has 0 saturated carbocycles. The van der Waals surface area contributed by atoms with Gasteiger partial charge in [-0.2, -0.15) is 8.42 Å². The second kappa shape index (κ2) is 21.1. The number of carbonyl (C=O) groups excluding carboxylic acids is 1. The van der Waals surface area contributed by atoms with Gasteiger partial charge >= 0.3 is 10.4 Å². The zero-order valence-corrected chi connectivity index (χ0v) is 21.8. The van der Waals surface area contributed by atoms with Gasteiger partial charge in [-0.1, -0.05) is 64.0 Å². The van der Waals surface area contributed by atoms with E-state index in [0.717, 1.165) is 33.2 Å². The summed E-state index contributed by atoms with van der Waals surface area (Å²) in [5.41, 5.74) is 0. The molecule has 0 aromatic carbocycles. The van der Waals surface area contributed by atoms with Crippen molar-refractivity contribution in [2.75, 3.05) is 26.7 Å². The van der Waals surface area contributed by atoms with Crippen molar-refractivity contribution in [1.29, 1.82) is 0 Å². The molecule has 0 radical (unpaired) electrons. The normalized spacial score (nSPS) is 17.2. The van der Waals surface area contributed by atoms with Crippen molar-refractivity contribution >= 4 is 22.6 Å². The molecular weight excluding hydrogens is 442 g/mol. The Morgan fingerprint density at radius 1 is 1.09 bits per heavy atom. The van der Waals surface area contributed by atoms with Crippen molar-refractivity contribution in [2.45, 2.75) is 103 Å². The molecule has 2 heterocycles. The van der Waals surface area contributed by atoms with Gasteiger partial charge in [-0.25, -0.2) is 0 Å². The van der Waals surface area contributed by atoms with Crippen molar-refractivity contribution in [3.8, 4) is 0 Å². The third kappa shape index (κ3) is 22.1. The van der Waals surface area contributed by atoms with Crippen LogP contribution in [0.3, 0.4) is 0 Å². The standard InChI is InChI=1S/C18H33NO.C5H10N2.CH4O4S/c1-2-3-4-5-6-7-8-9-10-11-12-13-14-15-17-16-18(20)19-17;1-2-7-4-3-6-5-7;1-5-6(2,3)4/h9-10,17H,2-8,11-16H2,1H3,(H,19,20);5H,2-4H2,1H3;1H3,(H,2,3,4)/b10-9-;;. The maximum absolute atomic E-state index is 10.7. The predicted octanol–water partition coefficient (Wildman–Crippen LogP) is 4.92. The van der Waals surface area contributed by atoms with E-state index in [-0.39, 0.29) is 5.91 Å². The minimum atomic E-state index is -4.16. The predicted molar refractivity (Wildman–Crippen MR) is 136 cm³/mol. The molecule has 33 heavy (non-hydrogen) atoms. The third-order valence-corrected chi connectivity index (χ3v) is 5.91. The first-order chi connectivity index (χ1) is 15.8. The highest BCUT2D eigenvalue weighted by atomic mass is 32.3. The summed E-state index contributed by atoms with van der Waals surface area (Å²) in [7, 11) is -3.29. The Morgan fingerprint density at radius 2 is 1.64 bits per heavy atom. The average Bonchev–Trinajstić information content (AvgIpc) is 3.30. The van der Waals surface area contributed by atoms with Crippen LogP contribution in [0.15, 0.2) is 17.1 Å². The van der Waals surface area contributed by atoms with Crippen LogP contribution in [-0.2, 0) is 19.4 Å². The van der Waals surface area contributed by atoms with Gasteiger partial charge in [0.15, 0.2) is 0 Å². The Labute approximate surface area is 202 Å². The van der Waals surface area contributed by atoms with Crippen LogP contribution < -0.4 is 5.32 Å². The van der Waals surface area contributed by atoms with Crippen molar-refractivity contribution in [2.24, 2.45) is 4.99 Å². The minimum absolute atomic E-state index is 0.229. The van der Waals surface area contributed by atoms with E-state index >= 15 is 0 Å². The quantitative estimate of drug-likeness (QED) is 0.146. The molecule has 9 heteroatoms. The first kappa shape index (κ1) is 31.6. The number of rotatable bonds is 15. The van der Waals surface area contributed by atoms with E-state index in [1.165, 1.54) is 77.0 Å².